The monoisotopic (exact) mass is 418 g/mol. The van der Waals surface area contributed by atoms with Crippen molar-refractivity contribution in [3.05, 3.63) is 0 Å². The van der Waals surface area contributed by atoms with Crippen LogP contribution in [0.1, 0.15) is 74.7 Å². The molecule has 0 saturated carbocycles. The molecule has 0 aromatic heterocycles. The van der Waals surface area contributed by atoms with Crippen molar-refractivity contribution < 1.29 is 18.8 Å². The second-order valence-corrected chi connectivity index (χ2v) is 14.3. The first-order chi connectivity index (χ1) is 12.6. The highest BCUT2D eigenvalue weighted by Crippen LogP contribution is 2.30. The van der Waals surface area contributed by atoms with E-state index in [0.29, 0.717) is 6.61 Å². The number of carbonyl (C=O) groups excluding carboxylic acids is 2. The van der Waals surface area contributed by atoms with Gasteiger partial charge in [0.15, 0.2) is 13.4 Å². The van der Waals surface area contributed by atoms with Crippen molar-refractivity contribution in [2.75, 3.05) is 12.4 Å². The highest BCUT2D eigenvalue weighted by atomic mass is 32.2. The lowest BCUT2D eigenvalue weighted by Gasteiger charge is -2.35. The standard InChI is InChI=1S/C21H42O4SSi/c1-9-26-19(22)17(5)18(25-27(10-2,11-3)12-4)15-13-14-16-24-20(23)21(6,7)8/h17-18H,9-16H2,1-8H3/t17-,18+/m0/s1. The number of esters is 1. The van der Waals surface area contributed by atoms with E-state index in [0.717, 1.165) is 43.1 Å². The van der Waals surface area contributed by atoms with Crippen LogP contribution in [0.3, 0.4) is 0 Å². The van der Waals surface area contributed by atoms with Crippen LogP contribution in [0.5, 0.6) is 0 Å². The minimum atomic E-state index is -1.77. The van der Waals surface area contributed by atoms with Crippen molar-refractivity contribution in [1.82, 2.24) is 0 Å². The summed E-state index contributed by atoms with van der Waals surface area (Å²) in [5, 5.41) is 0.230. The fraction of sp³-hybridized carbons (Fsp3) is 0.905. The van der Waals surface area contributed by atoms with Crippen LogP contribution in [0, 0.1) is 11.3 Å². The molecule has 6 heteroatoms. The highest BCUT2D eigenvalue weighted by Gasteiger charge is 2.35. The number of unbranched alkanes of at least 4 members (excludes halogenated alkanes) is 1. The van der Waals surface area contributed by atoms with Crippen LogP contribution in [-0.4, -0.2) is 37.9 Å². The number of ether oxygens (including phenoxy) is 1. The van der Waals surface area contributed by atoms with Crippen molar-refractivity contribution in [1.29, 1.82) is 0 Å². The number of rotatable bonds is 13. The van der Waals surface area contributed by atoms with E-state index in [1.54, 1.807) is 0 Å². The molecule has 0 aliphatic rings. The van der Waals surface area contributed by atoms with Gasteiger partial charge in [0.25, 0.3) is 0 Å². The van der Waals surface area contributed by atoms with Crippen LogP contribution >= 0.6 is 11.8 Å². The molecule has 0 radical (unpaired) electrons. The van der Waals surface area contributed by atoms with Crippen LogP contribution < -0.4 is 0 Å². The van der Waals surface area contributed by atoms with Gasteiger partial charge < -0.3 is 9.16 Å². The van der Waals surface area contributed by atoms with Crippen LogP contribution in [0.15, 0.2) is 0 Å². The summed E-state index contributed by atoms with van der Waals surface area (Å²) in [4.78, 5) is 24.3. The Bertz CT molecular complexity index is 436. The highest BCUT2D eigenvalue weighted by molar-refractivity contribution is 8.13. The van der Waals surface area contributed by atoms with Gasteiger partial charge >= 0.3 is 5.97 Å². The fourth-order valence-electron chi connectivity index (χ4n) is 2.99. The summed E-state index contributed by atoms with van der Waals surface area (Å²) >= 11 is 1.39. The van der Waals surface area contributed by atoms with Crippen molar-refractivity contribution in [3.8, 4) is 0 Å². The minimum absolute atomic E-state index is 0.0265. The SMILES string of the molecule is CCSC(=O)[C@@H](C)[C@@H](CCCCOC(=O)C(C)(C)C)O[Si](CC)(CC)CC. The third-order valence-electron chi connectivity index (χ3n) is 5.28. The molecule has 4 nitrogen and oxygen atoms in total. The van der Waals surface area contributed by atoms with Crippen LogP contribution in [0.25, 0.3) is 0 Å². The average Bonchev–Trinajstić information content (AvgIpc) is 2.63. The topological polar surface area (TPSA) is 52.6 Å². The van der Waals surface area contributed by atoms with Gasteiger partial charge in [-0.2, -0.15) is 0 Å². The molecule has 0 aliphatic heterocycles. The molecule has 0 saturated heterocycles. The largest absolute Gasteiger partial charge is 0.465 e. The summed E-state index contributed by atoms with van der Waals surface area (Å²) in [5.74, 6) is 0.549. The van der Waals surface area contributed by atoms with E-state index in [4.69, 9.17) is 9.16 Å². The lowest BCUT2D eigenvalue weighted by molar-refractivity contribution is -0.153. The zero-order valence-electron chi connectivity index (χ0n) is 18.9. The van der Waals surface area contributed by atoms with Crippen LogP contribution in [0.2, 0.25) is 18.1 Å². The molecule has 160 valence electrons. The Labute approximate surface area is 172 Å². The molecular weight excluding hydrogens is 376 g/mol. The van der Waals surface area contributed by atoms with E-state index >= 15 is 0 Å². The third-order valence-corrected chi connectivity index (χ3v) is 10.9. The van der Waals surface area contributed by atoms with Gasteiger partial charge in [0.1, 0.15) is 0 Å². The first-order valence-corrected chi connectivity index (χ1v) is 14.1. The Morgan fingerprint density at radius 3 is 2.00 bits per heavy atom. The Balaban J connectivity index is 4.81. The third kappa shape index (κ3) is 9.62. The quantitative estimate of drug-likeness (QED) is 0.207. The fourth-order valence-corrected chi connectivity index (χ4v) is 6.65. The van der Waals surface area contributed by atoms with E-state index in [2.05, 4.69) is 20.8 Å². The van der Waals surface area contributed by atoms with Crippen LogP contribution in [-0.2, 0) is 18.8 Å². The van der Waals surface area contributed by atoms with Crippen LogP contribution in [0.4, 0.5) is 0 Å². The molecule has 0 spiro atoms. The maximum atomic E-state index is 12.5. The number of thioether (sulfide) groups is 1. The van der Waals surface area contributed by atoms with Crippen molar-refractivity contribution in [3.63, 3.8) is 0 Å². The van der Waals surface area contributed by atoms with Gasteiger partial charge in [-0.3, -0.25) is 9.59 Å². The molecular formula is C21H42O4SSi. The van der Waals surface area contributed by atoms with E-state index in [1.165, 1.54) is 11.8 Å². The molecule has 27 heavy (non-hydrogen) atoms. The van der Waals surface area contributed by atoms with Gasteiger partial charge in [0, 0.05) is 0 Å². The summed E-state index contributed by atoms with van der Waals surface area (Å²) < 4.78 is 12.1. The van der Waals surface area contributed by atoms with Gasteiger partial charge in [-0.25, -0.2) is 0 Å². The Hall–Kier alpha value is -0.333. The van der Waals surface area contributed by atoms with E-state index in [9.17, 15) is 9.59 Å². The van der Waals surface area contributed by atoms with E-state index in [-0.39, 0.29) is 23.1 Å². The first-order valence-electron chi connectivity index (χ1n) is 10.6. The summed E-state index contributed by atoms with van der Waals surface area (Å²) in [6.07, 6.45) is 2.53. The zero-order chi connectivity index (χ0) is 21.1. The second-order valence-electron chi connectivity index (χ2n) is 8.32. The maximum Gasteiger partial charge on any atom is 0.311 e. The smallest absolute Gasteiger partial charge is 0.311 e. The molecule has 0 aliphatic carbocycles. The molecule has 0 unspecified atom stereocenters. The van der Waals surface area contributed by atoms with Crippen molar-refractivity contribution >= 4 is 31.2 Å². The number of carbonyl (C=O) groups is 2. The van der Waals surface area contributed by atoms with Crippen molar-refractivity contribution in [2.45, 2.75) is 98.9 Å². The molecule has 0 aromatic rings. The first kappa shape index (κ1) is 26.7. The maximum absolute atomic E-state index is 12.5. The van der Waals surface area contributed by atoms with Gasteiger partial charge in [-0.15, -0.1) is 0 Å². The number of hydrogen-bond acceptors (Lipinski definition) is 5. The summed E-state index contributed by atoms with van der Waals surface area (Å²) in [7, 11) is -1.77. The normalized spacial score (nSPS) is 14.7. The summed E-state index contributed by atoms with van der Waals surface area (Å²) in [6.45, 7) is 16.7. The molecule has 0 rings (SSSR count). The van der Waals surface area contributed by atoms with Gasteiger partial charge in [0.2, 0.25) is 0 Å². The van der Waals surface area contributed by atoms with E-state index in [1.807, 2.05) is 34.6 Å². The lowest BCUT2D eigenvalue weighted by atomic mass is 9.97. The Kier molecular flexibility index (Phi) is 12.8. The predicted octanol–water partition coefficient (Wildman–Crippen LogP) is 6.05. The van der Waals surface area contributed by atoms with Crippen molar-refractivity contribution in [2.24, 2.45) is 11.3 Å². The molecule has 0 bridgehead atoms. The van der Waals surface area contributed by atoms with Gasteiger partial charge in [-0.1, -0.05) is 46.4 Å². The molecule has 0 N–H and O–H groups in total. The zero-order valence-corrected chi connectivity index (χ0v) is 20.7. The molecule has 0 aromatic carbocycles. The van der Waals surface area contributed by atoms with E-state index < -0.39 is 13.7 Å². The summed E-state index contributed by atoms with van der Waals surface area (Å²) in [6, 6.07) is 3.25. The summed E-state index contributed by atoms with van der Waals surface area (Å²) in [5.41, 5.74) is -0.460. The number of hydrogen-bond donors (Lipinski definition) is 0. The Morgan fingerprint density at radius 1 is 1.00 bits per heavy atom. The predicted molar refractivity (Wildman–Crippen MR) is 119 cm³/mol. The molecule has 0 heterocycles. The minimum Gasteiger partial charge on any atom is -0.465 e. The molecule has 0 amide bonds. The molecule has 2 atom stereocenters. The van der Waals surface area contributed by atoms with Gasteiger partial charge in [-0.05, 0) is 63.9 Å². The van der Waals surface area contributed by atoms with Gasteiger partial charge in [0.05, 0.1) is 24.0 Å². The second kappa shape index (κ2) is 13.0. The average molecular weight is 419 g/mol. The molecule has 0 fully saturated rings. The Morgan fingerprint density at radius 2 is 1.56 bits per heavy atom. The lowest BCUT2D eigenvalue weighted by Crippen LogP contribution is -2.43.